The normalized spacial score (nSPS) is 13.4. The minimum absolute atomic E-state index is 0.144. The molecule has 2 rings (SSSR count). The Bertz CT molecular complexity index is 952. The van der Waals surface area contributed by atoms with E-state index in [1.165, 1.54) is 0 Å². The van der Waals surface area contributed by atoms with Crippen LogP contribution in [-0.4, -0.2) is 29.4 Å². The van der Waals surface area contributed by atoms with Gasteiger partial charge >= 0.3 is 0 Å². The van der Waals surface area contributed by atoms with E-state index in [2.05, 4.69) is 9.44 Å². The van der Waals surface area contributed by atoms with E-state index in [-0.39, 0.29) is 22.4 Å². The van der Waals surface area contributed by atoms with E-state index < -0.39 is 20.0 Å². The Morgan fingerprint density at radius 2 is 1.22 bits per heavy atom. The first-order chi connectivity index (χ1) is 12.6. The molecular formula is C19H26N2O4S2. The van der Waals surface area contributed by atoms with Crippen molar-refractivity contribution >= 4 is 20.0 Å². The summed E-state index contributed by atoms with van der Waals surface area (Å²) in [5, 5.41) is 0. The molecule has 0 saturated carbocycles. The van der Waals surface area contributed by atoms with Crippen molar-refractivity contribution in [2.24, 2.45) is 0 Å². The van der Waals surface area contributed by atoms with Gasteiger partial charge in [0, 0.05) is 12.6 Å². The first kappa shape index (κ1) is 21.6. The number of rotatable bonds is 9. The van der Waals surface area contributed by atoms with Crippen LogP contribution >= 0.6 is 0 Å². The summed E-state index contributed by atoms with van der Waals surface area (Å²) in [5.41, 5.74) is 1.96. The van der Waals surface area contributed by atoms with Gasteiger partial charge < -0.3 is 0 Å². The van der Waals surface area contributed by atoms with Crippen molar-refractivity contribution in [1.29, 1.82) is 0 Å². The van der Waals surface area contributed by atoms with Crippen LogP contribution in [0.4, 0.5) is 0 Å². The standard InChI is InChI=1S/C19H26N2O4S2/c1-4-17(21-27(24,25)19-11-7-16(3)8-12-19)13-14-20-26(22,23)18-9-5-15(2)6-10-18/h5-12,17,20-21H,4,13-14H2,1-3H3. The monoisotopic (exact) mass is 410 g/mol. The van der Waals surface area contributed by atoms with Crippen molar-refractivity contribution in [2.75, 3.05) is 6.54 Å². The molecule has 1 atom stereocenters. The Labute approximate surface area is 162 Å². The summed E-state index contributed by atoms with van der Waals surface area (Å²) in [6, 6.07) is 12.8. The molecule has 2 aromatic carbocycles. The molecule has 6 nitrogen and oxygen atoms in total. The minimum atomic E-state index is -3.64. The Kier molecular flexibility index (Phi) is 7.16. The number of hydrogen-bond donors (Lipinski definition) is 2. The molecule has 0 fully saturated rings. The Morgan fingerprint density at radius 3 is 1.67 bits per heavy atom. The lowest BCUT2D eigenvalue weighted by Crippen LogP contribution is -2.37. The number of benzene rings is 2. The van der Waals surface area contributed by atoms with Crippen molar-refractivity contribution in [3.8, 4) is 0 Å². The second kappa shape index (κ2) is 8.97. The fraction of sp³-hybridized carbons (Fsp3) is 0.368. The maximum Gasteiger partial charge on any atom is 0.240 e. The quantitative estimate of drug-likeness (QED) is 0.665. The highest BCUT2D eigenvalue weighted by Crippen LogP contribution is 2.13. The fourth-order valence-corrected chi connectivity index (χ4v) is 4.92. The average molecular weight is 411 g/mol. The van der Waals surface area contributed by atoms with Crippen molar-refractivity contribution in [3.05, 3.63) is 59.7 Å². The molecule has 8 heteroatoms. The van der Waals surface area contributed by atoms with Crippen LogP contribution in [0.1, 0.15) is 30.9 Å². The van der Waals surface area contributed by atoms with Gasteiger partial charge in [0.05, 0.1) is 9.79 Å². The van der Waals surface area contributed by atoms with Crippen LogP contribution in [0.25, 0.3) is 0 Å². The van der Waals surface area contributed by atoms with Gasteiger partial charge in [0.2, 0.25) is 20.0 Å². The maximum atomic E-state index is 12.5. The van der Waals surface area contributed by atoms with E-state index in [9.17, 15) is 16.8 Å². The summed E-state index contributed by atoms with van der Waals surface area (Å²) in [5.74, 6) is 0. The number of sulfonamides is 2. The van der Waals surface area contributed by atoms with Crippen LogP contribution in [0.5, 0.6) is 0 Å². The Balaban J connectivity index is 1.97. The molecule has 0 heterocycles. The topological polar surface area (TPSA) is 92.3 Å². The van der Waals surface area contributed by atoms with E-state index in [4.69, 9.17) is 0 Å². The molecule has 0 aromatic heterocycles. The van der Waals surface area contributed by atoms with E-state index in [0.717, 1.165) is 11.1 Å². The highest BCUT2D eigenvalue weighted by molar-refractivity contribution is 7.89. The van der Waals surface area contributed by atoms with Crippen LogP contribution in [0, 0.1) is 13.8 Å². The fourth-order valence-electron chi connectivity index (χ4n) is 2.52. The van der Waals surface area contributed by atoms with Gasteiger partial charge in [0.25, 0.3) is 0 Å². The molecule has 148 valence electrons. The molecular weight excluding hydrogens is 384 g/mol. The minimum Gasteiger partial charge on any atom is -0.211 e. The molecule has 0 radical (unpaired) electrons. The second-order valence-corrected chi connectivity index (χ2v) is 10.0. The lowest BCUT2D eigenvalue weighted by Gasteiger charge is -2.17. The molecule has 0 aliphatic heterocycles. The summed E-state index contributed by atoms with van der Waals surface area (Å²) < 4.78 is 54.7. The predicted octanol–water partition coefficient (Wildman–Crippen LogP) is 2.73. The summed E-state index contributed by atoms with van der Waals surface area (Å²) in [6.45, 7) is 5.77. The van der Waals surface area contributed by atoms with Crippen molar-refractivity contribution in [2.45, 2.75) is 49.4 Å². The Hall–Kier alpha value is -1.74. The zero-order valence-electron chi connectivity index (χ0n) is 15.8. The molecule has 1 unspecified atom stereocenters. The van der Waals surface area contributed by atoms with Gasteiger partial charge in [-0.1, -0.05) is 42.3 Å². The van der Waals surface area contributed by atoms with Gasteiger partial charge in [-0.05, 0) is 51.0 Å². The van der Waals surface area contributed by atoms with Gasteiger partial charge in [-0.25, -0.2) is 26.3 Å². The van der Waals surface area contributed by atoms with Crippen molar-refractivity contribution in [3.63, 3.8) is 0 Å². The van der Waals surface area contributed by atoms with E-state index in [1.54, 1.807) is 48.5 Å². The molecule has 0 bridgehead atoms. The molecule has 0 aliphatic carbocycles. The van der Waals surface area contributed by atoms with E-state index >= 15 is 0 Å². The predicted molar refractivity (Wildman–Crippen MR) is 107 cm³/mol. The van der Waals surface area contributed by atoms with Gasteiger partial charge in [0.15, 0.2) is 0 Å². The largest absolute Gasteiger partial charge is 0.240 e. The number of hydrogen-bond acceptors (Lipinski definition) is 4. The van der Waals surface area contributed by atoms with Crippen LogP contribution in [-0.2, 0) is 20.0 Å². The third-order valence-electron chi connectivity index (χ3n) is 4.26. The molecule has 2 N–H and O–H groups in total. The average Bonchev–Trinajstić information content (AvgIpc) is 2.61. The molecule has 0 saturated heterocycles. The van der Waals surface area contributed by atoms with Gasteiger partial charge in [0.1, 0.15) is 0 Å². The summed E-state index contributed by atoms with van der Waals surface area (Å²) in [6.07, 6.45) is 0.907. The maximum absolute atomic E-state index is 12.5. The lowest BCUT2D eigenvalue weighted by atomic mass is 10.2. The SMILES string of the molecule is CCC(CCNS(=O)(=O)c1ccc(C)cc1)NS(=O)(=O)c1ccc(C)cc1. The van der Waals surface area contributed by atoms with Crippen LogP contribution in [0.3, 0.4) is 0 Å². The van der Waals surface area contributed by atoms with Crippen molar-refractivity contribution < 1.29 is 16.8 Å². The Morgan fingerprint density at radius 1 is 0.778 bits per heavy atom. The first-order valence-electron chi connectivity index (χ1n) is 8.79. The van der Waals surface area contributed by atoms with E-state index in [1.807, 2.05) is 20.8 Å². The summed E-state index contributed by atoms with van der Waals surface area (Å²) in [4.78, 5) is 0.396. The number of aryl methyl sites for hydroxylation is 2. The molecule has 0 aliphatic rings. The molecule has 0 amide bonds. The zero-order valence-corrected chi connectivity index (χ0v) is 17.4. The first-order valence-corrected chi connectivity index (χ1v) is 11.8. The van der Waals surface area contributed by atoms with Crippen LogP contribution < -0.4 is 9.44 Å². The van der Waals surface area contributed by atoms with Crippen molar-refractivity contribution in [1.82, 2.24) is 9.44 Å². The number of nitrogens with one attached hydrogen (secondary N) is 2. The summed E-state index contributed by atoms with van der Waals surface area (Å²) >= 11 is 0. The highest BCUT2D eigenvalue weighted by Gasteiger charge is 2.20. The zero-order chi connectivity index (χ0) is 20.1. The van der Waals surface area contributed by atoms with Gasteiger partial charge in [-0.2, -0.15) is 0 Å². The third kappa shape index (κ3) is 6.14. The highest BCUT2D eigenvalue weighted by atomic mass is 32.2. The summed E-state index contributed by atoms with van der Waals surface area (Å²) in [7, 11) is -7.25. The van der Waals surface area contributed by atoms with E-state index in [0.29, 0.717) is 12.8 Å². The molecule has 2 aromatic rings. The van der Waals surface area contributed by atoms with Gasteiger partial charge in [-0.3, -0.25) is 0 Å². The van der Waals surface area contributed by atoms with Crippen LogP contribution in [0.2, 0.25) is 0 Å². The third-order valence-corrected chi connectivity index (χ3v) is 7.28. The molecule has 0 spiro atoms. The van der Waals surface area contributed by atoms with Crippen LogP contribution in [0.15, 0.2) is 58.3 Å². The lowest BCUT2D eigenvalue weighted by molar-refractivity contribution is 0.511. The second-order valence-electron chi connectivity index (χ2n) is 6.54. The molecule has 27 heavy (non-hydrogen) atoms. The van der Waals surface area contributed by atoms with Gasteiger partial charge in [-0.15, -0.1) is 0 Å². The smallest absolute Gasteiger partial charge is 0.211 e.